The lowest BCUT2D eigenvalue weighted by atomic mass is 9.98. The van der Waals surface area contributed by atoms with Crippen LogP contribution in [0.5, 0.6) is 0 Å². The minimum atomic E-state index is -1.50. The predicted octanol–water partition coefficient (Wildman–Crippen LogP) is 7.71. The van der Waals surface area contributed by atoms with Gasteiger partial charge in [0.1, 0.15) is 37.6 Å². The number of esters is 4. The maximum Gasteiger partial charge on any atom is 0.306 e. The highest BCUT2D eigenvalue weighted by molar-refractivity contribution is 5.72. The fourth-order valence-electron chi connectivity index (χ4n) is 7.16. The van der Waals surface area contributed by atoms with Crippen molar-refractivity contribution in [3.05, 3.63) is 0 Å². The van der Waals surface area contributed by atoms with Gasteiger partial charge in [0.15, 0.2) is 29.9 Å². The molecule has 3 saturated heterocycles. The summed E-state index contributed by atoms with van der Waals surface area (Å²) in [4.78, 5) is 64.9. The number of rotatable bonds is 28. The number of unbranched alkanes of at least 4 members (excludes halogenated alkanes) is 10. The predicted molar refractivity (Wildman–Crippen MR) is 211 cm³/mol. The molecular weight excluding hydrogens is 756 g/mol. The van der Waals surface area contributed by atoms with Crippen LogP contribution < -0.4 is 0 Å². The molecule has 15 heteroatoms. The van der Waals surface area contributed by atoms with Gasteiger partial charge in [-0.1, -0.05) is 91.9 Å². The summed E-state index contributed by atoms with van der Waals surface area (Å²) in [5, 5.41) is 0. The SMILES string of the molecule is CCCCCCCC(=O)O[C@@H]1[C@H](OOC[C@@H]2OC(C)(C)O[C@@H]2[C@H]2COC(C)(C)O2)O[C@H](COC(=O)CCCCC)[C@@H](OC(=O)CCCCC)[C@@H]1OC(=O)CCCCC. The van der Waals surface area contributed by atoms with Crippen LogP contribution in [0.2, 0.25) is 0 Å². The largest absolute Gasteiger partial charge is 0.463 e. The lowest BCUT2D eigenvalue weighted by molar-refractivity contribution is -0.429. The molecule has 8 atom stereocenters. The second-order valence-corrected chi connectivity index (χ2v) is 16.5. The zero-order valence-electron chi connectivity index (χ0n) is 36.6. The Labute approximate surface area is 346 Å². The zero-order chi connectivity index (χ0) is 42.6. The van der Waals surface area contributed by atoms with Crippen LogP contribution >= 0.6 is 0 Å². The highest BCUT2D eigenvalue weighted by Crippen LogP contribution is 2.36. The third-order valence-electron chi connectivity index (χ3n) is 10.3. The molecule has 3 rings (SSSR count). The molecular formula is C43H74O15. The fourth-order valence-corrected chi connectivity index (χ4v) is 7.16. The summed E-state index contributed by atoms with van der Waals surface area (Å²) < 4.78 is 54.4. The molecule has 0 aliphatic carbocycles. The first-order chi connectivity index (χ1) is 27.7. The Balaban J connectivity index is 1.93. The van der Waals surface area contributed by atoms with Crippen molar-refractivity contribution in [3.63, 3.8) is 0 Å². The summed E-state index contributed by atoms with van der Waals surface area (Å²) in [5.41, 5.74) is 0. The van der Waals surface area contributed by atoms with Gasteiger partial charge in [-0.3, -0.25) is 19.2 Å². The molecule has 0 bridgehead atoms. The van der Waals surface area contributed by atoms with Crippen molar-refractivity contribution in [2.24, 2.45) is 0 Å². The van der Waals surface area contributed by atoms with E-state index in [2.05, 4.69) is 6.92 Å². The van der Waals surface area contributed by atoms with E-state index in [9.17, 15) is 19.2 Å². The molecule has 0 aromatic carbocycles. The van der Waals surface area contributed by atoms with Crippen molar-refractivity contribution >= 4 is 23.9 Å². The normalized spacial score (nSPS) is 27.6. The Morgan fingerprint density at radius 3 is 1.59 bits per heavy atom. The summed E-state index contributed by atoms with van der Waals surface area (Å²) in [6, 6.07) is 0. The van der Waals surface area contributed by atoms with Crippen molar-refractivity contribution in [1.82, 2.24) is 0 Å². The number of hydrogen-bond acceptors (Lipinski definition) is 15. The van der Waals surface area contributed by atoms with E-state index in [1.165, 1.54) is 0 Å². The average molecular weight is 831 g/mol. The maximum absolute atomic E-state index is 13.5. The Hall–Kier alpha value is -2.40. The fraction of sp³-hybridized carbons (Fsp3) is 0.907. The molecule has 0 radical (unpaired) electrons. The van der Waals surface area contributed by atoms with Gasteiger partial charge in [0, 0.05) is 25.7 Å². The highest BCUT2D eigenvalue weighted by Gasteiger charge is 2.55. The van der Waals surface area contributed by atoms with E-state index in [1.54, 1.807) is 13.8 Å². The Bertz CT molecular complexity index is 1220. The van der Waals surface area contributed by atoms with Crippen molar-refractivity contribution in [2.45, 2.75) is 232 Å². The minimum absolute atomic E-state index is 0.0829. The van der Waals surface area contributed by atoms with Gasteiger partial charge in [-0.2, -0.15) is 0 Å². The second-order valence-electron chi connectivity index (χ2n) is 16.5. The first kappa shape index (κ1) is 50.0. The van der Waals surface area contributed by atoms with Gasteiger partial charge in [-0.05, 0) is 53.4 Å². The zero-order valence-corrected chi connectivity index (χ0v) is 36.6. The summed E-state index contributed by atoms with van der Waals surface area (Å²) >= 11 is 0. The van der Waals surface area contributed by atoms with Crippen LogP contribution in [-0.4, -0.2) is 104 Å². The van der Waals surface area contributed by atoms with Crippen LogP contribution in [-0.2, 0) is 71.6 Å². The molecule has 0 amide bonds. The third kappa shape index (κ3) is 17.7. The summed E-state index contributed by atoms with van der Waals surface area (Å²) in [7, 11) is 0. The summed E-state index contributed by atoms with van der Waals surface area (Å²) in [6.45, 7) is 15.1. The monoisotopic (exact) mass is 831 g/mol. The van der Waals surface area contributed by atoms with Crippen molar-refractivity contribution in [2.75, 3.05) is 19.8 Å². The summed E-state index contributed by atoms with van der Waals surface area (Å²) in [6.07, 6.45) is 3.39. The molecule has 0 unspecified atom stereocenters. The van der Waals surface area contributed by atoms with Crippen molar-refractivity contribution < 1.29 is 71.6 Å². The third-order valence-corrected chi connectivity index (χ3v) is 10.3. The van der Waals surface area contributed by atoms with Gasteiger partial charge >= 0.3 is 23.9 Å². The van der Waals surface area contributed by atoms with Gasteiger partial charge in [-0.25, -0.2) is 9.78 Å². The highest BCUT2D eigenvalue weighted by atomic mass is 17.2. The molecule has 0 aromatic rings. The minimum Gasteiger partial charge on any atom is -0.463 e. The topological polar surface area (TPSA) is 170 Å². The molecule has 0 aromatic heterocycles. The quantitative estimate of drug-likeness (QED) is 0.0247. The second kappa shape index (κ2) is 26.0. The Kier molecular flexibility index (Phi) is 22.4. The number of carbonyl (C=O) groups excluding carboxylic acids is 4. The number of hydrogen-bond donors (Lipinski definition) is 0. The molecule has 0 saturated carbocycles. The van der Waals surface area contributed by atoms with Crippen LogP contribution in [0.1, 0.15) is 171 Å². The molecule has 336 valence electrons. The first-order valence-corrected chi connectivity index (χ1v) is 22.1. The Morgan fingerprint density at radius 2 is 1.03 bits per heavy atom. The first-order valence-electron chi connectivity index (χ1n) is 22.1. The van der Waals surface area contributed by atoms with Crippen molar-refractivity contribution in [1.29, 1.82) is 0 Å². The maximum atomic E-state index is 13.5. The van der Waals surface area contributed by atoms with Crippen LogP contribution in [0.3, 0.4) is 0 Å². The molecule has 0 N–H and O–H groups in total. The van der Waals surface area contributed by atoms with E-state index in [0.29, 0.717) is 25.7 Å². The lowest BCUT2D eigenvalue weighted by Crippen LogP contribution is -2.63. The van der Waals surface area contributed by atoms with E-state index in [0.717, 1.165) is 64.2 Å². The van der Waals surface area contributed by atoms with Gasteiger partial charge in [0.05, 0.1) is 6.61 Å². The molecule has 15 nitrogen and oxygen atoms in total. The van der Waals surface area contributed by atoms with Crippen molar-refractivity contribution in [3.8, 4) is 0 Å². The standard InChI is InChI=1S/C43H74O15/c1-9-13-17-18-22-26-36(47)54-40-39(53-35(46)25-21-16-12-4)38(52-34(45)24-20-15-11-3)30(27-48-33(44)23-19-14-10-2)51-41(40)58-50-29-32-37(57-43(7,8)56-32)31-28-49-42(5,6)55-31/h30-32,37-41H,9-29H2,1-8H3/t30-,31-,32+,37-,38-,39+,40+,41+/m1/s1. The van der Waals surface area contributed by atoms with Crippen LogP contribution in [0.4, 0.5) is 0 Å². The molecule has 3 aliphatic heterocycles. The summed E-state index contributed by atoms with van der Waals surface area (Å²) in [5.74, 6) is -3.95. The number of ether oxygens (including phenoxy) is 9. The van der Waals surface area contributed by atoms with Crippen LogP contribution in [0.25, 0.3) is 0 Å². The van der Waals surface area contributed by atoms with E-state index < -0.39 is 84.5 Å². The van der Waals surface area contributed by atoms with Gasteiger partial charge in [0.25, 0.3) is 0 Å². The molecule has 3 aliphatic rings. The molecule has 58 heavy (non-hydrogen) atoms. The molecule has 3 heterocycles. The van der Waals surface area contributed by atoms with Crippen LogP contribution in [0.15, 0.2) is 0 Å². The van der Waals surface area contributed by atoms with E-state index >= 15 is 0 Å². The van der Waals surface area contributed by atoms with Gasteiger partial charge in [0.2, 0.25) is 6.29 Å². The van der Waals surface area contributed by atoms with Crippen LogP contribution in [0, 0.1) is 0 Å². The van der Waals surface area contributed by atoms with Gasteiger partial charge in [-0.15, -0.1) is 0 Å². The lowest BCUT2D eigenvalue weighted by Gasteiger charge is -2.43. The molecule has 3 fully saturated rings. The number of carbonyl (C=O) groups is 4. The Morgan fingerprint density at radius 1 is 0.534 bits per heavy atom. The van der Waals surface area contributed by atoms with E-state index in [4.69, 9.17) is 52.4 Å². The van der Waals surface area contributed by atoms with Gasteiger partial charge < -0.3 is 42.6 Å². The average Bonchev–Trinajstić information content (AvgIpc) is 3.69. The van der Waals surface area contributed by atoms with E-state index in [-0.39, 0.29) is 45.5 Å². The smallest absolute Gasteiger partial charge is 0.306 e. The van der Waals surface area contributed by atoms with E-state index in [1.807, 2.05) is 34.6 Å². The molecule has 0 spiro atoms.